The summed E-state index contributed by atoms with van der Waals surface area (Å²) >= 11 is 0. The van der Waals surface area contributed by atoms with Crippen LogP contribution >= 0.6 is 0 Å². The minimum atomic E-state index is -5.22. The van der Waals surface area contributed by atoms with Crippen LogP contribution in [0.4, 0.5) is 39.5 Å². The van der Waals surface area contributed by atoms with Gasteiger partial charge in [-0.1, -0.05) is 44.0 Å². The van der Waals surface area contributed by atoms with Crippen LogP contribution in [0.2, 0.25) is 0 Å². The van der Waals surface area contributed by atoms with Gasteiger partial charge in [-0.15, -0.1) is 13.2 Å². The number of ether oxygens (including phenoxy) is 2. The molecule has 0 atom stereocenters. The Kier molecular flexibility index (Phi) is 11.4. The lowest BCUT2D eigenvalue weighted by molar-refractivity contribution is -0.281. The van der Waals surface area contributed by atoms with E-state index in [0.29, 0.717) is 44.1 Å². The SMILES string of the molecule is CCCCCc1ccc(-c2cc(F)c(C(F)(F)OC3CCC(C4CCC(c5cc(F)c(OC(F)(F)F)c(F)c5)CC4)CC3)c(F)c2)cc1. The average molecular weight is 687 g/mol. The van der Waals surface area contributed by atoms with E-state index in [1.54, 1.807) is 12.1 Å². The summed E-state index contributed by atoms with van der Waals surface area (Å²) in [6.45, 7) is 2.11. The molecule has 0 heterocycles. The number of rotatable bonds is 11. The van der Waals surface area contributed by atoms with E-state index in [1.165, 1.54) is 0 Å². The van der Waals surface area contributed by atoms with Gasteiger partial charge < -0.3 is 9.47 Å². The van der Waals surface area contributed by atoms with Crippen LogP contribution in [0.15, 0.2) is 48.5 Å². The van der Waals surface area contributed by atoms with E-state index >= 15 is 17.6 Å². The Morgan fingerprint density at radius 1 is 0.646 bits per heavy atom. The van der Waals surface area contributed by atoms with Crippen LogP contribution < -0.4 is 4.74 Å². The normalized spacial score (nSPS) is 22.1. The molecule has 3 aromatic rings. The number of benzene rings is 3. The van der Waals surface area contributed by atoms with Crippen molar-refractivity contribution < 1.29 is 49.0 Å². The average Bonchev–Trinajstić information content (AvgIpc) is 3.02. The van der Waals surface area contributed by atoms with Gasteiger partial charge in [0, 0.05) is 0 Å². The van der Waals surface area contributed by atoms with Crippen LogP contribution in [-0.2, 0) is 17.3 Å². The molecule has 48 heavy (non-hydrogen) atoms. The maximum Gasteiger partial charge on any atom is 0.573 e. The quantitative estimate of drug-likeness (QED) is 0.148. The molecule has 2 nitrogen and oxygen atoms in total. The summed E-state index contributed by atoms with van der Waals surface area (Å²) in [6.07, 6.45) is -1.94. The number of halogens is 9. The Morgan fingerprint density at radius 3 is 1.71 bits per heavy atom. The van der Waals surface area contributed by atoms with Crippen LogP contribution in [0.1, 0.15) is 100 Å². The fourth-order valence-corrected chi connectivity index (χ4v) is 7.36. The zero-order chi connectivity index (χ0) is 34.6. The van der Waals surface area contributed by atoms with Gasteiger partial charge in [0.1, 0.15) is 17.2 Å². The smallest absolute Gasteiger partial charge is 0.399 e. The van der Waals surface area contributed by atoms with Crippen molar-refractivity contribution in [1.29, 1.82) is 0 Å². The summed E-state index contributed by atoms with van der Waals surface area (Å²) in [6, 6.07) is 10.8. The zero-order valence-electron chi connectivity index (χ0n) is 26.6. The van der Waals surface area contributed by atoms with Crippen molar-refractivity contribution >= 4 is 0 Å². The van der Waals surface area contributed by atoms with Gasteiger partial charge in [0.05, 0.1) is 6.10 Å². The maximum atomic E-state index is 15.2. The van der Waals surface area contributed by atoms with Crippen molar-refractivity contribution in [2.45, 2.75) is 108 Å². The molecule has 0 aromatic heterocycles. The van der Waals surface area contributed by atoms with Gasteiger partial charge >= 0.3 is 12.5 Å². The van der Waals surface area contributed by atoms with Crippen molar-refractivity contribution in [2.75, 3.05) is 0 Å². The van der Waals surface area contributed by atoms with Gasteiger partial charge in [-0.05, 0) is 128 Å². The van der Waals surface area contributed by atoms with Crippen molar-refractivity contribution in [3.63, 3.8) is 0 Å². The molecule has 5 rings (SSSR count). The van der Waals surface area contributed by atoms with E-state index in [4.69, 9.17) is 4.74 Å². The minimum Gasteiger partial charge on any atom is -0.399 e. The summed E-state index contributed by atoms with van der Waals surface area (Å²) in [5.74, 6) is -6.89. The molecule has 0 spiro atoms. The molecule has 262 valence electrons. The molecule has 0 bridgehead atoms. The lowest BCUT2D eigenvalue weighted by Crippen LogP contribution is -2.33. The molecule has 2 saturated carbocycles. The first kappa shape index (κ1) is 36.1. The first-order valence-electron chi connectivity index (χ1n) is 16.6. The fourth-order valence-electron chi connectivity index (χ4n) is 7.36. The number of hydrogen-bond donors (Lipinski definition) is 0. The van der Waals surface area contributed by atoms with Gasteiger partial charge in [-0.3, -0.25) is 0 Å². The third-order valence-corrected chi connectivity index (χ3v) is 9.87. The van der Waals surface area contributed by atoms with Crippen molar-refractivity contribution in [3.8, 4) is 16.9 Å². The highest BCUT2D eigenvalue weighted by molar-refractivity contribution is 5.64. The molecule has 0 radical (unpaired) electrons. The number of aryl methyl sites for hydroxylation is 1. The third kappa shape index (κ3) is 8.87. The molecule has 0 amide bonds. The number of unbranched alkanes of at least 4 members (excludes halogenated alkanes) is 2. The van der Waals surface area contributed by atoms with Crippen molar-refractivity contribution in [1.82, 2.24) is 0 Å². The Morgan fingerprint density at radius 2 is 1.19 bits per heavy atom. The van der Waals surface area contributed by atoms with Gasteiger partial charge in [0.25, 0.3) is 0 Å². The molecule has 0 saturated heterocycles. The summed E-state index contributed by atoms with van der Waals surface area (Å²) in [5.41, 5.74) is 0.618. The van der Waals surface area contributed by atoms with Crippen LogP contribution in [0, 0.1) is 35.1 Å². The Labute approximate surface area is 274 Å². The first-order valence-corrected chi connectivity index (χ1v) is 16.6. The van der Waals surface area contributed by atoms with Gasteiger partial charge in [0.2, 0.25) is 5.75 Å². The fraction of sp³-hybridized carbons (Fsp3) is 0.514. The summed E-state index contributed by atoms with van der Waals surface area (Å²) in [7, 11) is 0. The van der Waals surface area contributed by atoms with Crippen LogP contribution in [0.5, 0.6) is 5.75 Å². The molecule has 0 aliphatic heterocycles. The van der Waals surface area contributed by atoms with E-state index < -0.39 is 53.2 Å². The van der Waals surface area contributed by atoms with Gasteiger partial charge in [-0.25, -0.2) is 17.6 Å². The van der Waals surface area contributed by atoms with Gasteiger partial charge in [0.15, 0.2) is 11.6 Å². The maximum absolute atomic E-state index is 15.2. The molecule has 3 aromatic carbocycles. The monoisotopic (exact) mass is 686 g/mol. The van der Waals surface area contributed by atoms with Crippen molar-refractivity contribution in [3.05, 3.63) is 88.5 Å². The number of alkyl halides is 5. The molecule has 0 N–H and O–H groups in total. The topological polar surface area (TPSA) is 18.5 Å². The second-order valence-electron chi connectivity index (χ2n) is 13.1. The summed E-state index contributed by atoms with van der Waals surface area (Å²) in [5, 5.41) is 0. The molecule has 2 aliphatic rings. The Balaban J connectivity index is 1.13. The lowest BCUT2D eigenvalue weighted by Gasteiger charge is -2.38. The second-order valence-corrected chi connectivity index (χ2v) is 13.1. The summed E-state index contributed by atoms with van der Waals surface area (Å²) < 4.78 is 135. The van der Waals surface area contributed by atoms with E-state index in [9.17, 15) is 22.0 Å². The molecule has 2 fully saturated rings. The minimum absolute atomic E-state index is 0.155. The predicted octanol–water partition coefficient (Wildman–Crippen LogP) is 12.1. The molecule has 0 unspecified atom stereocenters. The van der Waals surface area contributed by atoms with E-state index in [-0.39, 0.29) is 41.7 Å². The molecule has 11 heteroatoms. The third-order valence-electron chi connectivity index (χ3n) is 9.87. The van der Waals surface area contributed by atoms with Crippen LogP contribution in [0.25, 0.3) is 11.1 Å². The van der Waals surface area contributed by atoms with Crippen molar-refractivity contribution in [2.24, 2.45) is 11.8 Å². The van der Waals surface area contributed by atoms with Gasteiger partial charge in [-0.2, -0.15) is 8.78 Å². The lowest BCUT2D eigenvalue weighted by atomic mass is 9.69. The standard InChI is InChI=1S/C37H39F9O2/c1-2-3-4-5-22-6-8-25(9-7-22)27-18-30(38)34(31(39)19-27)36(42,43)47-29-16-14-24(15-17-29)23-10-12-26(13-11-23)28-20-32(40)35(33(41)21-28)48-37(44,45)46/h6-9,18-21,23-24,26,29H,2-5,10-17H2,1H3. The zero-order valence-corrected chi connectivity index (χ0v) is 26.6. The van der Waals surface area contributed by atoms with Crippen LogP contribution in [0.3, 0.4) is 0 Å². The molecule has 2 aliphatic carbocycles. The largest absolute Gasteiger partial charge is 0.573 e. The highest BCUT2D eigenvalue weighted by Crippen LogP contribution is 2.46. The summed E-state index contributed by atoms with van der Waals surface area (Å²) in [4.78, 5) is 0. The Bertz CT molecular complexity index is 1470. The van der Waals surface area contributed by atoms with E-state index in [1.807, 2.05) is 12.1 Å². The van der Waals surface area contributed by atoms with E-state index in [0.717, 1.165) is 55.5 Å². The predicted molar refractivity (Wildman–Crippen MR) is 163 cm³/mol. The molecular formula is C37H39F9O2. The highest BCUT2D eigenvalue weighted by Gasteiger charge is 2.43. The van der Waals surface area contributed by atoms with E-state index in [2.05, 4.69) is 11.7 Å². The highest BCUT2D eigenvalue weighted by atomic mass is 19.4. The second kappa shape index (κ2) is 15.1. The molecular weight excluding hydrogens is 647 g/mol. The Hall–Kier alpha value is -3.21. The van der Waals surface area contributed by atoms with Crippen LogP contribution in [-0.4, -0.2) is 12.5 Å². The first-order chi connectivity index (χ1) is 22.7. The number of hydrogen-bond acceptors (Lipinski definition) is 2.